The smallest absolute Gasteiger partial charge is 0.368 e. The van der Waals surface area contributed by atoms with Gasteiger partial charge in [-0.05, 0) is 41.0 Å². The second-order valence-electron chi connectivity index (χ2n) is 13.8. The van der Waals surface area contributed by atoms with Crippen molar-refractivity contribution in [3.63, 3.8) is 0 Å². The normalized spacial score (nSPS) is 20.6. The molecule has 4 aromatic carbocycles. The number of imidazole rings is 1. The highest BCUT2D eigenvalue weighted by molar-refractivity contribution is 7.48. The third-order valence-electron chi connectivity index (χ3n) is 10.2. The summed E-state index contributed by atoms with van der Waals surface area (Å²) in [5.41, 5.74) is 9.21. The first kappa shape index (κ1) is 38.6. The van der Waals surface area contributed by atoms with Crippen LogP contribution >= 0.6 is 27.2 Å². The Bertz CT molecular complexity index is 2250. The van der Waals surface area contributed by atoms with Crippen molar-refractivity contribution in [1.29, 1.82) is 0 Å². The number of phosphoric acid groups is 2. The maximum absolute atomic E-state index is 14.8. The highest BCUT2D eigenvalue weighted by Gasteiger charge is 2.70. The van der Waals surface area contributed by atoms with Crippen LogP contribution in [0.3, 0.4) is 0 Å². The number of halogens is 1. The molecule has 8 rings (SSSR count). The number of nitrogens with zero attached hydrogens (tertiary/aromatic N) is 4. The average molecular weight is 816 g/mol. The van der Waals surface area contributed by atoms with Gasteiger partial charge in [0.25, 0.3) is 0 Å². The molecule has 56 heavy (non-hydrogen) atoms. The van der Waals surface area contributed by atoms with Gasteiger partial charge in [0.1, 0.15) is 5.52 Å². The summed E-state index contributed by atoms with van der Waals surface area (Å²) in [7, 11) is -8.46. The minimum absolute atomic E-state index is 0.000587. The van der Waals surface area contributed by atoms with Crippen molar-refractivity contribution in [3.05, 3.63) is 155 Å². The van der Waals surface area contributed by atoms with Crippen LogP contribution in [0, 0.1) is 11.3 Å². The predicted molar refractivity (Wildman–Crippen MR) is 210 cm³/mol. The first-order chi connectivity index (χ1) is 27.2. The number of phosphoric ester groups is 2. The summed E-state index contributed by atoms with van der Waals surface area (Å²) in [5, 5.41) is 0.127. The van der Waals surface area contributed by atoms with Gasteiger partial charge in [0, 0.05) is 11.5 Å². The van der Waals surface area contributed by atoms with Crippen LogP contribution in [-0.2, 0) is 62.7 Å². The molecule has 2 aromatic heterocycles. The van der Waals surface area contributed by atoms with E-state index in [0.717, 1.165) is 22.3 Å². The molecular formula is C40H40ClN5O8P2. The van der Waals surface area contributed by atoms with Gasteiger partial charge in [-0.15, -0.1) is 0 Å². The number of anilines is 1. The highest BCUT2D eigenvalue weighted by Crippen LogP contribution is 2.72. The summed E-state index contributed by atoms with van der Waals surface area (Å²) in [6.07, 6.45) is 1.74. The van der Waals surface area contributed by atoms with Crippen molar-refractivity contribution in [2.24, 2.45) is 11.3 Å². The van der Waals surface area contributed by atoms with E-state index in [4.69, 9.17) is 44.5 Å². The maximum Gasteiger partial charge on any atom is 0.475 e. The summed E-state index contributed by atoms with van der Waals surface area (Å²) in [5.74, 6) is -0.131. The van der Waals surface area contributed by atoms with Gasteiger partial charge in [0.2, 0.25) is 5.95 Å². The number of hydrogen-bond acceptors (Lipinski definition) is 12. The Morgan fingerprint density at radius 1 is 0.679 bits per heavy atom. The van der Waals surface area contributed by atoms with Crippen molar-refractivity contribution < 1.29 is 36.3 Å². The molecule has 13 nitrogen and oxygen atoms in total. The molecule has 2 fully saturated rings. The van der Waals surface area contributed by atoms with Crippen LogP contribution in [0.5, 0.6) is 0 Å². The molecular weight excluding hydrogens is 776 g/mol. The SMILES string of the molecule is Nc1nc(Cl)c2ncn([C@H]3C[C@H](OP(=O)(OCc4ccccc4)OCc4ccccc4)[C@@]4(COP(=O)(OCc5ccccc5)OCc5ccccc5)C[C@H]34)c2n1. The lowest BCUT2D eigenvalue weighted by Crippen LogP contribution is -2.27. The molecule has 0 saturated heterocycles. The van der Waals surface area contributed by atoms with Crippen LogP contribution in [0.2, 0.25) is 5.15 Å². The first-order valence-electron chi connectivity index (χ1n) is 18.1. The van der Waals surface area contributed by atoms with E-state index >= 15 is 0 Å². The zero-order valence-electron chi connectivity index (χ0n) is 30.2. The Morgan fingerprint density at radius 3 is 1.62 bits per heavy atom. The highest BCUT2D eigenvalue weighted by atomic mass is 35.5. The molecule has 290 valence electrons. The van der Waals surface area contributed by atoms with Crippen LogP contribution in [0.15, 0.2) is 128 Å². The Labute approximate surface area is 329 Å². The molecule has 0 bridgehead atoms. The molecule has 0 unspecified atom stereocenters. The summed E-state index contributed by atoms with van der Waals surface area (Å²) >= 11 is 6.41. The molecule has 2 N–H and O–H groups in total. The molecule has 0 radical (unpaired) electrons. The predicted octanol–water partition coefficient (Wildman–Crippen LogP) is 9.50. The molecule has 2 saturated carbocycles. The number of hydrogen-bond donors (Lipinski definition) is 1. The Kier molecular flexibility index (Phi) is 11.5. The molecule has 2 aliphatic rings. The van der Waals surface area contributed by atoms with Crippen molar-refractivity contribution in [1.82, 2.24) is 19.5 Å². The van der Waals surface area contributed by atoms with Crippen LogP contribution in [0.1, 0.15) is 41.1 Å². The van der Waals surface area contributed by atoms with Crippen LogP contribution in [0.25, 0.3) is 11.2 Å². The molecule has 16 heteroatoms. The van der Waals surface area contributed by atoms with Crippen molar-refractivity contribution >= 4 is 44.4 Å². The standard InChI is InChI=1S/C40H40ClN5O8P2/c41-37-36-38(45-39(42)44-37)46(28-43-36)34-21-35(54-56(48,51-25-31-17-9-3-10-18-31)52-26-32-19-11-4-12-20-32)40(22-33(34)40)27-53-55(47,49-23-29-13-5-1-6-14-29)50-24-30-15-7-2-8-16-30/h1-20,28,33-35H,21-27H2,(H2,42,44,45)/t33-,34+,35+,40-/m1/s1. The van der Waals surface area contributed by atoms with Gasteiger partial charge in [-0.1, -0.05) is 133 Å². The quantitative estimate of drug-likeness (QED) is 0.0648. The third kappa shape index (κ3) is 8.82. The lowest BCUT2D eigenvalue weighted by Gasteiger charge is -2.29. The molecule has 0 aliphatic heterocycles. The summed E-state index contributed by atoms with van der Waals surface area (Å²) in [6, 6.07) is 37.1. The molecule has 2 aliphatic carbocycles. The summed E-state index contributed by atoms with van der Waals surface area (Å²) in [6.45, 7) is -0.170. The second kappa shape index (κ2) is 16.7. The van der Waals surface area contributed by atoms with Crippen molar-refractivity contribution in [2.45, 2.75) is 51.4 Å². The van der Waals surface area contributed by atoms with E-state index in [1.807, 2.05) is 126 Å². The van der Waals surface area contributed by atoms with Crippen LogP contribution < -0.4 is 5.73 Å². The van der Waals surface area contributed by atoms with Gasteiger partial charge in [0.15, 0.2) is 10.8 Å². The third-order valence-corrected chi connectivity index (χ3v) is 13.2. The van der Waals surface area contributed by atoms with Gasteiger partial charge < -0.3 is 10.3 Å². The molecule has 6 aromatic rings. The van der Waals surface area contributed by atoms with Crippen molar-refractivity contribution in [3.8, 4) is 0 Å². The Hall–Kier alpha value is -4.26. The van der Waals surface area contributed by atoms with Gasteiger partial charge in [0.05, 0.1) is 45.5 Å². The fourth-order valence-corrected chi connectivity index (χ4v) is 10.1. The Morgan fingerprint density at radius 2 is 1.14 bits per heavy atom. The van der Waals surface area contributed by atoms with E-state index < -0.39 is 27.2 Å². The monoisotopic (exact) mass is 815 g/mol. The summed E-state index contributed by atoms with van der Waals surface area (Å²) < 4.78 is 68.0. The number of nitrogens with two attached hydrogens (primary N) is 1. The molecule has 4 atom stereocenters. The van der Waals surface area contributed by atoms with E-state index in [1.165, 1.54) is 0 Å². The lowest BCUT2D eigenvalue weighted by molar-refractivity contribution is 0.0164. The van der Waals surface area contributed by atoms with Gasteiger partial charge >= 0.3 is 15.6 Å². The molecule has 0 amide bonds. The van der Waals surface area contributed by atoms with E-state index in [-0.39, 0.29) is 56.1 Å². The largest absolute Gasteiger partial charge is 0.475 e. The number of nitrogen functional groups attached to an aromatic ring is 1. The summed E-state index contributed by atoms with van der Waals surface area (Å²) in [4.78, 5) is 13.0. The maximum atomic E-state index is 14.8. The zero-order chi connectivity index (χ0) is 38.6. The molecule has 0 spiro atoms. The minimum Gasteiger partial charge on any atom is -0.368 e. The average Bonchev–Trinajstić information content (AvgIpc) is 3.69. The number of aromatic nitrogens is 4. The zero-order valence-corrected chi connectivity index (χ0v) is 32.8. The minimum atomic E-state index is -4.27. The number of rotatable bonds is 18. The van der Waals surface area contributed by atoms with Gasteiger partial charge in [-0.3, -0.25) is 27.1 Å². The van der Waals surface area contributed by atoms with E-state index in [2.05, 4.69) is 15.0 Å². The lowest BCUT2D eigenvalue weighted by atomic mass is 10.0. The number of benzene rings is 4. The fraction of sp³-hybridized carbons (Fsp3) is 0.275. The van der Waals surface area contributed by atoms with Gasteiger partial charge in [-0.25, -0.2) is 14.1 Å². The van der Waals surface area contributed by atoms with Crippen LogP contribution in [-0.4, -0.2) is 32.2 Å². The second-order valence-corrected chi connectivity index (χ2v) is 17.5. The molecule has 2 heterocycles. The first-order valence-corrected chi connectivity index (χ1v) is 21.4. The van der Waals surface area contributed by atoms with E-state index in [0.29, 0.717) is 24.0 Å². The number of fused-ring (bicyclic) bond motifs is 2. The van der Waals surface area contributed by atoms with E-state index in [9.17, 15) is 9.13 Å². The Balaban J connectivity index is 1.10. The van der Waals surface area contributed by atoms with Gasteiger partial charge in [-0.2, -0.15) is 9.97 Å². The van der Waals surface area contributed by atoms with E-state index in [1.54, 1.807) is 6.33 Å². The van der Waals surface area contributed by atoms with Crippen LogP contribution in [0.4, 0.5) is 5.95 Å². The topological polar surface area (TPSA) is 159 Å². The fourth-order valence-electron chi connectivity index (χ4n) is 7.19. The van der Waals surface area contributed by atoms with Crippen molar-refractivity contribution in [2.75, 3.05) is 12.3 Å².